The van der Waals surface area contributed by atoms with Crippen molar-refractivity contribution in [3.05, 3.63) is 76.6 Å². The number of amides is 1. The summed E-state index contributed by atoms with van der Waals surface area (Å²) in [6, 6.07) is 16.2. The summed E-state index contributed by atoms with van der Waals surface area (Å²) in [4.78, 5) is 15.7. The molecule has 0 aliphatic heterocycles. The van der Waals surface area contributed by atoms with Crippen LogP contribution in [0.4, 0.5) is 11.4 Å². The summed E-state index contributed by atoms with van der Waals surface area (Å²) >= 11 is 0. The molecule has 3 rings (SSSR count). The van der Waals surface area contributed by atoms with E-state index in [0.29, 0.717) is 0 Å². The molecule has 0 aliphatic carbocycles. The molecule has 0 saturated heterocycles. The molecule has 0 bridgehead atoms. The van der Waals surface area contributed by atoms with Crippen LogP contribution in [0.1, 0.15) is 41.9 Å². The van der Waals surface area contributed by atoms with Gasteiger partial charge < -0.3 is 9.88 Å². The molecule has 1 amide bonds. The average molecular weight is 374 g/mol. The maximum atomic E-state index is 11.1. The third-order valence-corrected chi connectivity index (χ3v) is 4.94. The van der Waals surface area contributed by atoms with Gasteiger partial charge in [0.05, 0.1) is 11.4 Å². The molecule has 1 aromatic heterocycles. The third-order valence-electron chi connectivity index (χ3n) is 4.94. The molecule has 0 radical (unpaired) electrons. The zero-order chi connectivity index (χ0) is 20.3. The van der Waals surface area contributed by atoms with Crippen molar-refractivity contribution in [3.8, 4) is 5.69 Å². The van der Waals surface area contributed by atoms with Crippen LogP contribution in [-0.2, 0) is 11.2 Å². The second-order valence-corrected chi connectivity index (χ2v) is 7.08. The lowest BCUT2D eigenvalue weighted by Crippen LogP contribution is -2.05. The van der Waals surface area contributed by atoms with Crippen molar-refractivity contribution in [1.29, 1.82) is 0 Å². The van der Waals surface area contributed by atoms with Crippen LogP contribution in [0.25, 0.3) is 5.69 Å². The standard InChI is InChI=1S/C24H27N3O/c1-6-20-9-7-8-16(2)24(20)27-17(3)14-21(18(27)4)15-25-22-10-12-23(13-11-22)26-19(5)28/h7-15H,6H2,1-5H3,(H,26,28). The predicted octanol–water partition coefficient (Wildman–Crippen LogP) is 5.67. The SMILES string of the molecule is CCc1cccc(C)c1-n1c(C)cc(C=Nc2ccc(NC(C)=O)cc2)c1C. The second-order valence-electron chi connectivity index (χ2n) is 7.08. The number of hydrogen-bond acceptors (Lipinski definition) is 2. The van der Waals surface area contributed by atoms with E-state index in [1.165, 1.54) is 35.1 Å². The van der Waals surface area contributed by atoms with Gasteiger partial charge in [-0.25, -0.2) is 0 Å². The van der Waals surface area contributed by atoms with E-state index in [1.807, 2.05) is 30.5 Å². The molecule has 28 heavy (non-hydrogen) atoms. The molecule has 1 heterocycles. The molecular weight excluding hydrogens is 346 g/mol. The smallest absolute Gasteiger partial charge is 0.221 e. The number of anilines is 1. The van der Waals surface area contributed by atoms with Gasteiger partial charge in [-0.2, -0.15) is 0 Å². The molecule has 2 aromatic carbocycles. The van der Waals surface area contributed by atoms with E-state index in [9.17, 15) is 4.79 Å². The maximum absolute atomic E-state index is 11.1. The molecule has 0 atom stereocenters. The monoisotopic (exact) mass is 373 g/mol. The Kier molecular flexibility index (Phi) is 5.78. The van der Waals surface area contributed by atoms with Crippen LogP contribution >= 0.6 is 0 Å². The summed E-state index contributed by atoms with van der Waals surface area (Å²) in [7, 11) is 0. The number of aromatic nitrogens is 1. The Morgan fingerprint density at radius 1 is 1.11 bits per heavy atom. The number of aryl methyl sites for hydroxylation is 3. The van der Waals surface area contributed by atoms with Crippen LogP contribution in [0.15, 0.2) is 53.5 Å². The highest BCUT2D eigenvalue weighted by atomic mass is 16.1. The van der Waals surface area contributed by atoms with E-state index in [0.717, 1.165) is 23.4 Å². The average Bonchev–Trinajstić information content (AvgIpc) is 2.94. The van der Waals surface area contributed by atoms with E-state index in [4.69, 9.17) is 0 Å². The minimum absolute atomic E-state index is 0.0775. The Hall–Kier alpha value is -3.14. The van der Waals surface area contributed by atoms with Gasteiger partial charge in [-0.15, -0.1) is 0 Å². The van der Waals surface area contributed by atoms with Crippen LogP contribution in [0.3, 0.4) is 0 Å². The quantitative estimate of drug-likeness (QED) is 0.575. The van der Waals surface area contributed by atoms with Crippen LogP contribution < -0.4 is 5.32 Å². The first-order valence-corrected chi connectivity index (χ1v) is 9.60. The number of nitrogens with zero attached hydrogens (tertiary/aromatic N) is 2. The topological polar surface area (TPSA) is 46.4 Å². The van der Waals surface area contributed by atoms with Crippen molar-refractivity contribution in [3.63, 3.8) is 0 Å². The highest BCUT2D eigenvalue weighted by Crippen LogP contribution is 2.26. The molecule has 1 N–H and O–H groups in total. The normalized spacial score (nSPS) is 11.2. The number of rotatable bonds is 5. The minimum atomic E-state index is -0.0775. The largest absolute Gasteiger partial charge is 0.326 e. The highest BCUT2D eigenvalue weighted by Gasteiger charge is 2.14. The fraction of sp³-hybridized carbons (Fsp3) is 0.250. The highest BCUT2D eigenvalue weighted by molar-refractivity contribution is 5.89. The van der Waals surface area contributed by atoms with E-state index >= 15 is 0 Å². The Labute approximate surface area is 166 Å². The van der Waals surface area contributed by atoms with Crippen LogP contribution in [0.5, 0.6) is 0 Å². The van der Waals surface area contributed by atoms with Gasteiger partial charge in [0.15, 0.2) is 0 Å². The van der Waals surface area contributed by atoms with Gasteiger partial charge in [-0.3, -0.25) is 9.79 Å². The maximum Gasteiger partial charge on any atom is 0.221 e. The molecule has 144 valence electrons. The summed E-state index contributed by atoms with van der Waals surface area (Å²) in [5, 5.41) is 2.77. The molecule has 0 aliphatic rings. The molecule has 3 aromatic rings. The lowest BCUT2D eigenvalue weighted by Gasteiger charge is -2.17. The number of para-hydroxylation sites is 1. The van der Waals surface area contributed by atoms with Gasteiger partial charge in [0.1, 0.15) is 0 Å². The van der Waals surface area contributed by atoms with Crippen LogP contribution in [0.2, 0.25) is 0 Å². The zero-order valence-electron chi connectivity index (χ0n) is 17.2. The number of benzene rings is 2. The summed E-state index contributed by atoms with van der Waals surface area (Å²) < 4.78 is 2.33. The lowest BCUT2D eigenvalue weighted by molar-refractivity contribution is -0.114. The van der Waals surface area contributed by atoms with E-state index in [2.05, 4.69) is 66.8 Å². The Morgan fingerprint density at radius 2 is 1.82 bits per heavy atom. The molecule has 4 heteroatoms. The van der Waals surface area contributed by atoms with Gasteiger partial charge >= 0.3 is 0 Å². The summed E-state index contributed by atoms with van der Waals surface area (Å²) in [5.41, 5.74) is 9.01. The first kappa shape index (κ1) is 19.6. The zero-order valence-corrected chi connectivity index (χ0v) is 17.2. The fourth-order valence-corrected chi connectivity index (χ4v) is 3.57. The first-order valence-electron chi connectivity index (χ1n) is 9.60. The van der Waals surface area contributed by atoms with E-state index in [-0.39, 0.29) is 5.91 Å². The van der Waals surface area contributed by atoms with E-state index < -0.39 is 0 Å². The first-order chi connectivity index (χ1) is 13.4. The van der Waals surface area contributed by atoms with Crippen molar-refractivity contribution in [1.82, 2.24) is 4.57 Å². The van der Waals surface area contributed by atoms with Crippen molar-refractivity contribution in [2.75, 3.05) is 5.32 Å². The Balaban J connectivity index is 1.93. The van der Waals surface area contributed by atoms with Crippen LogP contribution in [-0.4, -0.2) is 16.7 Å². The number of nitrogens with one attached hydrogen (secondary N) is 1. The van der Waals surface area contributed by atoms with Gasteiger partial charge in [0.2, 0.25) is 5.91 Å². The number of carbonyl (C=O) groups is 1. The van der Waals surface area contributed by atoms with Gasteiger partial charge in [-0.1, -0.05) is 25.1 Å². The summed E-state index contributed by atoms with van der Waals surface area (Å²) in [6.07, 6.45) is 2.91. The van der Waals surface area contributed by atoms with Crippen LogP contribution in [0, 0.1) is 20.8 Å². The van der Waals surface area contributed by atoms with Gasteiger partial charge in [-0.05, 0) is 68.7 Å². The van der Waals surface area contributed by atoms with Crippen molar-refractivity contribution in [2.45, 2.75) is 41.0 Å². The molecule has 0 fully saturated rings. The van der Waals surface area contributed by atoms with Gasteiger partial charge in [0, 0.05) is 35.8 Å². The second kappa shape index (κ2) is 8.26. The van der Waals surface area contributed by atoms with E-state index in [1.54, 1.807) is 0 Å². The summed E-state index contributed by atoms with van der Waals surface area (Å²) in [6.45, 7) is 10.1. The predicted molar refractivity (Wildman–Crippen MR) is 117 cm³/mol. The molecular formula is C24H27N3O. The lowest BCUT2D eigenvalue weighted by atomic mass is 10.1. The molecule has 0 saturated carbocycles. The Morgan fingerprint density at radius 3 is 2.46 bits per heavy atom. The molecule has 4 nitrogen and oxygen atoms in total. The molecule has 0 unspecified atom stereocenters. The number of carbonyl (C=O) groups excluding carboxylic acids is 1. The number of aliphatic imine (C=N–C) groups is 1. The Bertz CT molecular complexity index is 1030. The van der Waals surface area contributed by atoms with Crippen molar-refractivity contribution < 1.29 is 4.79 Å². The van der Waals surface area contributed by atoms with Gasteiger partial charge in [0.25, 0.3) is 0 Å². The minimum Gasteiger partial charge on any atom is -0.326 e. The fourth-order valence-electron chi connectivity index (χ4n) is 3.57. The number of hydrogen-bond donors (Lipinski definition) is 1. The van der Waals surface area contributed by atoms with Crippen molar-refractivity contribution >= 4 is 23.5 Å². The third kappa shape index (κ3) is 4.06. The molecule has 0 spiro atoms. The van der Waals surface area contributed by atoms with Crippen molar-refractivity contribution in [2.24, 2.45) is 4.99 Å². The summed E-state index contributed by atoms with van der Waals surface area (Å²) in [5.74, 6) is -0.0775.